The van der Waals surface area contributed by atoms with Gasteiger partial charge >= 0.3 is 0 Å². The number of rotatable bonds is 0. The molecule has 0 aliphatic carbocycles. The van der Waals surface area contributed by atoms with Gasteiger partial charge in [-0.1, -0.05) is 29.8 Å². The van der Waals surface area contributed by atoms with Crippen molar-refractivity contribution in [2.75, 3.05) is 5.32 Å². The van der Waals surface area contributed by atoms with E-state index >= 15 is 0 Å². The van der Waals surface area contributed by atoms with Gasteiger partial charge in [-0.15, -0.1) is 0 Å². The lowest BCUT2D eigenvalue weighted by molar-refractivity contribution is 0.585. The van der Waals surface area contributed by atoms with E-state index in [0.717, 1.165) is 11.3 Å². The van der Waals surface area contributed by atoms with Crippen molar-refractivity contribution in [2.45, 2.75) is 13.1 Å². The highest BCUT2D eigenvalue weighted by molar-refractivity contribution is 6.34. The summed E-state index contributed by atoms with van der Waals surface area (Å²) in [6.45, 7) is 1.92. The number of halogens is 1. The minimum Gasteiger partial charge on any atom is -0.363 e. The molecule has 0 spiro atoms. The molecule has 5 heteroatoms. The second kappa shape index (κ2) is 4.33. The maximum absolute atomic E-state index is 12.7. The van der Waals surface area contributed by atoms with Crippen LogP contribution in [-0.2, 0) is 0 Å². The Morgan fingerprint density at radius 1 is 1.19 bits per heavy atom. The predicted octanol–water partition coefficient (Wildman–Crippen LogP) is 3.66. The van der Waals surface area contributed by atoms with E-state index in [0.29, 0.717) is 21.7 Å². The number of fused-ring (bicyclic) bond motifs is 4. The average molecular weight is 298 g/mol. The molecule has 4 rings (SSSR count). The first kappa shape index (κ1) is 12.4. The first-order valence-corrected chi connectivity index (χ1v) is 7.11. The van der Waals surface area contributed by atoms with E-state index in [1.54, 1.807) is 10.6 Å². The summed E-state index contributed by atoms with van der Waals surface area (Å²) in [4.78, 5) is 17.4. The van der Waals surface area contributed by atoms with Crippen LogP contribution in [0.5, 0.6) is 0 Å². The highest BCUT2D eigenvalue weighted by atomic mass is 35.5. The molecule has 1 unspecified atom stereocenters. The second-order valence-electron chi connectivity index (χ2n) is 5.11. The first-order valence-electron chi connectivity index (χ1n) is 6.73. The standard InChI is InChI=1S/C16H12ClN3O/c1-9-18-14-11(6-4-7-12(14)17)15-19-13-8-3-2-5-10(13)16(21)20(9)15/h2-9,18H,1H3. The molecule has 0 bridgehead atoms. The van der Waals surface area contributed by atoms with E-state index in [9.17, 15) is 4.79 Å². The minimum atomic E-state index is -0.197. The zero-order valence-electron chi connectivity index (χ0n) is 11.3. The van der Waals surface area contributed by atoms with E-state index in [4.69, 9.17) is 11.6 Å². The van der Waals surface area contributed by atoms with Crippen LogP contribution in [0.15, 0.2) is 47.3 Å². The van der Waals surface area contributed by atoms with Gasteiger partial charge in [0.05, 0.1) is 21.6 Å². The van der Waals surface area contributed by atoms with Crippen molar-refractivity contribution in [1.29, 1.82) is 0 Å². The Morgan fingerprint density at radius 2 is 2.00 bits per heavy atom. The molecule has 0 fully saturated rings. The lowest BCUT2D eigenvalue weighted by Gasteiger charge is -2.29. The molecule has 3 aromatic rings. The molecule has 104 valence electrons. The first-order chi connectivity index (χ1) is 10.2. The quantitative estimate of drug-likeness (QED) is 0.689. The van der Waals surface area contributed by atoms with Gasteiger partial charge < -0.3 is 5.32 Å². The van der Waals surface area contributed by atoms with Gasteiger partial charge in [-0.05, 0) is 31.2 Å². The molecule has 1 N–H and O–H groups in total. The molecule has 1 atom stereocenters. The third-order valence-corrected chi connectivity index (χ3v) is 4.12. The van der Waals surface area contributed by atoms with Gasteiger partial charge in [-0.2, -0.15) is 0 Å². The molecule has 1 aromatic heterocycles. The third-order valence-electron chi connectivity index (χ3n) is 3.80. The third kappa shape index (κ3) is 1.69. The van der Waals surface area contributed by atoms with Crippen LogP contribution in [0.25, 0.3) is 22.3 Å². The number of benzene rings is 2. The number of anilines is 1. The Bertz CT molecular complexity index is 932. The van der Waals surface area contributed by atoms with Gasteiger partial charge in [0.25, 0.3) is 5.56 Å². The van der Waals surface area contributed by atoms with Crippen LogP contribution >= 0.6 is 11.6 Å². The highest BCUT2D eigenvalue weighted by Gasteiger charge is 2.25. The summed E-state index contributed by atoms with van der Waals surface area (Å²) in [5.74, 6) is 0.655. The summed E-state index contributed by atoms with van der Waals surface area (Å²) in [6, 6.07) is 13.0. The average Bonchev–Trinajstić information content (AvgIpc) is 2.48. The van der Waals surface area contributed by atoms with E-state index < -0.39 is 0 Å². The lowest BCUT2D eigenvalue weighted by atomic mass is 10.1. The zero-order valence-corrected chi connectivity index (χ0v) is 12.1. The van der Waals surface area contributed by atoms with Gasteiger partial charge in [0.2, 0.25) is 0 Å². The summed E-state index contributed by atoms with van der Waals surface area (Å²) in [7, 11) is 0. The minimum absolute atomic E-state index is 0.0405. The van der Waals surface area contributed by atoms with Crippen molar-refractivity contribution in [3.63, 3.8) is 0 Å². The molecule has 0 saturated heterocycles. The molecule has 2 heterocycles. The van der Waals surface area contributed by atoms with Crippen molar-refractivity contribution in [3.05, 3.63) is 57.8 Å². The highest BCUT2D eigenvalue weighted by Crippen LogP contribution is 2.38. The van der Waals surface area contributed by atoms with Crippen LogP contribution in [0.1, 0.15) is 13.1 Å². The van der Waals surface area contributed by atoms with Crippen LogP contribution in [0.4, 0.5) is 5.69 Å². The fraction of sp³-hybridized carbons (Fsp3) is 0.125. The Balaban J connectivity index is 2.17. The summed E-state index contributed by atoms with van der Waals surface area (Å²) in [5.41, 5.74) is 2.34. The fourth-order valence-electron chi connectivity index (χ4n) is 2.83. The molecule has 21 heavy (non-hydrogen) atoms. The van der Waals surface area contributed by atoms with E-state index in [-0.39, 0.29) is 11.7 Å². The number of hydrogen-bond acceptors (Lipinski definition) is 3. The molecule has 4 nitrogen and oxygen atoms in total. The van der Waals surface area contributed by atoms with Crippen molar-refractivity contribution in [1.82, 2.24) is 9.55 Å². The zero-order chi connectivity index (χ0) is 14.6. The summed E-state index contributed by atoms with van der Waals surface area (Å²) >= 11 is 6.25. The number of para-hydroxylation sites is 2. The molecule has 2 aromatic carbocycles. The Morgan fingerprint density at radius 3 is 2.86 bits per heavy atom. The lowest BCUT2D eigenvalue weighted by Crippen LogP contribution is -2.33. The summed E-state index contributed by atoms with van der Waals surface area (Å²) in [6.07, 6.45) is -0.197. The largest absolute Gasteiger partial charge is 0.363 e. The van der Waals surface area contributed by atoms with Gasteiger partial charge in [-0.3, -0.25) is 9.36 Å². The molecule has 1 aliphatic heterocycles. The molecule has 1 aliphatic rings. The van der Waals surface area contributed by atoms with Crippen LogP contribution < -0.4 is 10.9 Å². The summed E-state index contributed by atoms with van der Waals surface area (Å²) < 4.78 is 1.68. The monoisotopic (exact) mass is 297 g/mol. The molecule has 0 amide bonds. The fourth-order valence-corrected chi connectivity index (χ4v) is 3.05. The Hall–Kier alpha value is -2.33. The van der Waals surface area contributed by atoms with Gasteiger partial charge in [0.15, 0.2) is 0 Å². The van der Waals surface area contributed by atoms with E-state index in [1.807, 2.05) is 43.3 Å². The maximum atomic E-state index is 12.7. The van der Waals surface area contributed by atoms with Gasteiger partial charge in [0.1, 0.15) is 12.0 Å². The molecular weight excluding hydrogens is 286 g/mol. The Kier molecular flexibility index (Phi) is 2.56. The molecule has 0 radical (unpaired) electrons. The van der Waals surface area contributed by atoms with Crippen molar-refractivity contribution in [2.24, 2.45) is 0 Å². The van der Waals surface area contributed by atoms with Crippen molar-refractivity contribution in [3.8, 4) is 11.4 Å². The van der Waals surface area contributed by atoms with Crippen LogP contribution in [0.3, 0.4) is 0 Å². The number of nitrogens with one attached hydrogen (secondary N) is 1. The van der Waals surface area contributed by atoms with Crippen LogP contribution in [-0.4, -0.2) is 9.55 Å². The smallest absolute Gasteiger partial charge is 0.263 e. The number of nitrogens with zero attached hydrogens (tertiary/aromatic N) is 2. The maximum Gasteiger partial charge on any atom is 0.263 e. The Labute approximate surface area is 126 Å². The normalized spacial score (nSPS) is 16.2. The van der Waals surface area contributed by atoms with Crippen molar-refractivity contribution < 1.29 is 0 Å². The molecule has 0 saturated carbocycles. The predicted molar refractivity (Wildman–Crippen MR) is 84.8 cm³/mol. The van der Waals surface area contributed by atoms with Gasteiger partial charge in [-0.25, -0.2) is 4.98 Å². The molecular formula is C16H12ClN3O. The van der Waals surface area contributed by atoms with Crippen molar-refractivity contribution >= 4 is 28.2 Å². The topological polar surface area (TPSA) is 46.9 Å². The number of aromatic nitrogens is 2. The summed E-state index contributed by atoms with van der Waals surface area (Å²) in [5, 5.41) is 4.54. The van der Waals surface area contributed by atoms with Crippen LogP contribution in [0.2, 0.25) is 5.02 Å². The van der Waals surface area contributed by atoms with E-state index in [1.165, 1.54) is 0 Å². The SMILES string of the molecule is CC1Nc2c(Cl)cccc2-c2nc3ccccc3c(=O)n21. The van der Waals surface area contributed by atoms with Crippen LogP contribution in [0, 0.1) is 0 Å². The number of hydrogen-bond donors (Lipinski definition) is 1. The van der Waals surface area contributed by atoms with E-state index in [2.05, 4.69) is 10.3 Å². The second-order valence-corrected chi connectivity index (χ2v) is 5.52. The van der Waals surface area contributed by atoms with Gasteiger partial charge in [0, 0.05) is 5.56 Å².